The average Bonchev–Trinajstić information content (AvgIpc) is 3.43. The molecule has 1 aliphatic rings. The van der Waals surface area contributed by atoms with E-state index in [4.69, 9.17) is 0 Å². The van der Waals surface area contributed by atoms with Crippen LogP contribution in [0.5, 0.6) is 0 Å². The molecule has 1 atom stereocenters. The summed E-state index contributed by atoms with van der Waals surface area (Å²) in [5.41, 5.74) is 1.74. The van der Waals surface area contributed by atoms with Gasteiger partial charge in [0.1, 0.15) is 5.65 Å². The first-order valence-corrected chi connectivity index (χ1v) is 9.72. The van der Waals surface area contributed by atoms with E-state index in [-0.39, 0.29) is 6.04 Å². The molecule has 1 fully saturated rings. The Hall–Kier alpha value is -3.47. The maximum Gasteiger partial charge on any atom is 0.417 e. The normalized spacial score (nSPS) is 18.1. The van der Waals surface area contributed by atoms with Crippen LogP contribution in [0.4, 0.5) is 19.1 Å². The number of halogens is 3. The molecule has 4 aromatic rings. The van der Waals surface area contributed by atoms with Crippen LogP contribution < -0.4 is 4.90 Å². The number of rotatable bonds is 3. The first-order valence-electron chi connectivity index (χ1n) is 9.72. The Bertz CT molecular complexity index is 1200. The van der Waals surface area contributed by atoms with E-state index in [0.717, 1.165) is 30.9 Å². The first kappa shape index (κ1) is 19.5. The summed E-state index contributed by atoms with van der Waals surface area (Å²) >= 11 is 0. The maximum atomic E-state index is 13.2. The highest BCUT2D eigenvalue weighted by atomic mass is 19.4. The van der Waals surface area contributed by atoms with Gasteiger partial charge < -0.3 is 4.90 Å². The second-order valence-electron chi connectivity index (χ2n) is 7.50. The summed E-state index contributed by atoms with van der Waals surface area (Å²) < 4.78 is 40.9. The van der Waals surface area contributed by atoms with Crippen LogP contribution in [-0.4, -0.2) is 61.1 Å². The van der Waals surface area contributed by atoms with Crippen molar-refractivity contribution in [2.75, 3.05) is 31.6 Å². The molecule has 5 rings (SSSR count). The number of fused-ring (bicyclic) bond motifs is 1. The van der Waals surface area contributed by atoms with Crippen LogP contribution >= 0.6 is 0 Å². The molecule has 31 heavy (non-hydrogen) atoms. The number of nitrogens with zero attached hydrogens (tertiary/aromatic N) is 7. The fraction of sp³-hybridized carbons (Fsp3) is 0.300. The largest absolute Gasteiger partial charge is 0.417 e. The highest BCUT2D eigenvalue weighted by molar-refractivity contribution is 5.61. The van der Waals surface area contributed by atoms with Crippen molar-refractivity contribution in [3.8, 4) is 11.4 Å². The van der Waals surface area contributed by atoms with Gasteiger partial charge in [-0.3, -0.25) is 14.4 Å². The Morgan fingerprint density at radius 3 is 2.74 bits per heavy atom. The van der Waals surface area contributed by atoms with Gasteiger partial charge >= 0.3 is 6.18 Å². The zero-order chi connectivity index (χ0) is 21.6. The third-order valence-electron chi connectivity index (χ3n) is 5.57. The molecular formula is C20H19F3N8. The minimum absolute atomic E-state index is 0.130. The number of aromatic nitrogens is 6. The van der Waals surface area contributed by atoms with Crippen molar-refractivity contribution in [3.63, 3.8) is 0 Å². The Morgan fingerprint density at radius 1 is 1.10 bits per heavy atom. The second-order valence-corrected chi connectivity index (χ2v) is 7.50. The summed E-state index contributed by atoms with van der Waals surface area (Å²) in [6.45, 7) is 2.22. The molecular weight excluding hydrogens is 409 g/mol. The molecule has 0 aromatic carbocycles. The predicted molar refractivity (Wildman–Crippen MR) is 107 cm³/mol. The zero-order valence-corrected chi connectivity index (χ0v) is 16.6. The van der Waals surface area contributed by atoms with E-state index in [0.29, 0.717) is 29.5 Å². The molecule has 0 saturated carbocycles. The van der Waals surface area contributed by atoms with Crippen molar-refractivity contribution in [1.29, 1.82) is 0 Å². The molecule has 8 nitrogen and oxygen atoms in total. The minimum Gasteiger partial charge on any atom is -0.338 e. The van der Waals surface area contributed by atoms with Gasteiger partial charge in [-0.05, 0) is 25.2 Å². The summed E-state index contributed by atoms with van der Waals surface area (Å²) in [7, 11) is 2.06. The summed E-state index contributed by atoms with van der Waals surface area (Å²) in [5.74, 6) is 0.529. The lowest BCUT2D eigenvalue weighted by molar-refractivity contribution is -0.137. The van der Waals surface area contributed by atoms with E-state index in [1.807, 2.05) is 6.20 Å². The zero-order valence-electron chi connectivity index (χ0n) is 16.6. The summed E-state index contributed by atoms with van der Waals surface area (Å²) in [6, 6.07) is 4.18. The number of H-pyrrole nitrogens is 1. The molecule has 5 heterocycles. The summed E-state index contributed by atoms with van der Waals surface area (Å²) in [6.07, 6.45) is 3.44. The van der Waals surface area contributed by atoms with Crippen LogP contribution in [0.15, 0.2) is 49.2 Å². The first-order chi connectivity index (χ1) is 14.9. The number of alkyl halides is 3. The topological polar surface area (TPSA) is 78.2 Å². The van der Waals surface area contributed by atoms with Gasteiger partial charge in [-0.25, -0.2) is 15.0 Å². The number of imidazole rings is 1. The SMILES string of the molecule is CN1CCN(c2nccc(-c3cnc4ccc(C(F)(F)F)cn34)n2)CC1c1cn[nH]c1. The van der Waals surface area contributed by atoms with Gasteiger partial charge in [0.2, 0.25) is 5.95 Å². The van der Waals surface area contributed by atoms with Crippen molar-refractivity contribution < 1.29 is 13.2 Å². The van der Waals surface area contributed by atoms with Crippen LogP contribution in [0.3, 0.4) is 0 Å². The number of piperazine rings is 1. The van der Waals surface area contributed by atoms with E-state index < -0.39 is 11.7 Å². The Kier molecular flexibility index (Phi) is 4.62. The van der Waals surface area contributed by atoms with Crippen molar-refractivity contribution in [3.05, 3.63) is 60.3 Å². The standard InChI is InChI=1S/C20H19F3N8/c1-29-6-7-30(12-17(29)13-8-26-27-9-13)19-24-5-4-15(28-19)16-10-25-18-3-2-14(11-31(16)18)20(21,22)23/h2-5,8-11,17H,6-7,12H2,1H3,(H,26,27). The molecule has 0 radical (unpaired) electrons. The minimum atomic E-state index is -4.44. The molecule has 1 unspecified atom stereocenters. The van der Waals surface area contributed by atoms with Gasteiger partial charge in [0.25, 0.3) is 0 Å². The Morgan fingerprint density at radius 2 is 1.97 bits per heavy atom. The van der Waals surface area contributed by atoms with Crippen LogP contribution in [0.25, 0.3) is 17.0 Å². The summed E-state index contributed by atoms with van der Waals surface area (Å²) in [4.78, 5) is 17.6. The summed E-state index contributed by atoms with van der Waals surface area (Å²) in [5, 5.41) is 6.89. The van der Waals surface area contributed by atoms with Crippen LogP contribution in [0.1, 0.15) is 17.2 Å². The number of aromatic amines is 1. The molecule has 1 saturated heterocycles. The third kappa shape index (κ3) is 3.61. The van der Waals surface area contributed by atoms with Gasteiger partial charge in [-0.1, -0.05) is 0 Å². The second kappa shape index (κ2) is 7.34. The average molecular weight is 428 g/mol. The molecule has 0 bridgehead atoms. The van der Waals surface area contributed by atoms with E-state index in [1.54, 1.807) is 18.5 Å². The van der Waals surface area contributed by atoms with Crippen LogP contribution in [-0.2, 0) is 6.18 Å². The smallest absolute Gasteiger partial charge is 0.338 e. The lowest BCUT2D eigenvalue weighted by atomic mass is 10.1. The van der Waals surface area contributed by atoms with Gasteiger partial charge in [0.05, 0.1) is 35.4 Å². The van der Waals surface area contributed by atoms with Crippen molar-refractivity contribution in [2.24, 2.45) is 0 Å². The van der Waals surface area contributed by atoms with Gasteiger partial charge in [-0.15, -0.1) is 0 Å². The van der Waals surface area contributed by atoms with E-state index >= 15 is 0 Å². The number of likely N-dealkylation sites (N-methyl/N-ethyl adjacent to an activating group) is 1. The van der Waals surface area contributed by atoms with Gasteiger partial charge in [-0.2, -0.15) is 18.3 Å². The molecule has 0 aliphatic carbocycles. The maximum absolute atomic E-state index is 13.2. The molecule has 1 N–H and O–H groups in total. The van der Waals surface area contributed by atoms with Crippen LogP contribution in [0.2, 0.25) is 0 Å². The monoisotopic (exact) mass is 428 g/mol. The molecule has 4 aromatic heterocycles. The van der Waals surface area contributed by atoms with E-state index in [9.17, 15) is 13.2 Å². The highest BCUT2D eigenvalue weighted by Gasteiger charge is 2.31. The van der Waals surface area contributed by atoms with Crippen molar-refractivity contribution in [1.82, 2.24) is 34.4 Å². The number of anilines is 1. The number of hydrogen-bond donors (Lipinski definition) is 1. The fourth-order valence-corrected chi connectivity index (χ4v) is 3.84. The van der Waals surface area contributed by atoms with Crippen molar-refractivity contribution in [2.45, 2.75) is 12.2 Å². The van der Waals surface area contributed by atoms with E-state index in [2.05, 4.69) is 42.0 Å². The molecule has 0 amide bonds. The lowest BCUT2D eigenvalue weighted by Crippen LogP contribution is -2.47. The van der Waals surface area contributed by atoms with Crippen LogP contribution in [0, 0.1) is 0 Å². The molecule has 160 valence electrons. The van der Waals surface area contributed by atoms with Crippen molar-refractivity contribution >= 4 is 11.6 Å². The Labute approximate surface area is 175 Å². The quantitative estimate of drug-likeness (QED) is 0.541. The fourth-order valence-electron chi connectivity index (χ4n) is 3.84. The molecule has 1 aliphatic heterocycles. The van der Waals surface area contributed by atoms with Gasteiger partial charge in [0, 0.05) is 43.8 Å². The highest BCUT2D eigenvalue weighted by Crippen LogP contribution is 2.31. The van der Waals surface area contributed by atoms with Gasteiger partial charge in [0.15, 0.2) is 0 Å². The molecule has 0 spiro atoms. The predicted octanol–water partition coefficient (Wildman–Crippen LogP) is 3.03. The number of nitrogens with one attached hydrogen (secondary N) is 1. The lowest BCUT2D eigenvalue weighted by Gasteiger charge is -2.39. The third-order valence-corrected chi connectivity index (χ3v) is 5.57. The Balaban J connectivity index is 1.48. The van der Waals surface area contributed by atoms with E-state index in [1.165, 1.54) is 16.7 Å². The number of hydrogen-bond acceptors (Lipinski definition) is 6. The number of pyridine rings is 1. The molecule has 11 heteroatoms.